The van der Waals surface area contributed by atoms with Gasteiger partial charge in [-0.3, -0.25) is 5.10 Å². The van der Waals surface area contributed by atoms with Gasteiger partial charge in [0, 0.05) is 13.0 Å². The fourth-order valence-corrected chi connectivity index (χ4v) is 4.59. The highest BCUT2D eigenvalue weighted by Gasteiger charge is 2.37. The first-order valence-electron chi connectivity index (χ1n) is 7.55. The molecule has 0 bridgehead atoms. The van der Waals surface area contributed by atoms with Crippen molar-refractivity contribution in [2.24, 2.45) is 0 Å². The van der Waals surface area contributed by atoms with Gasteiger partial charge in [-0.05, 0) is 18.4 Å². The molecule has 1 aliphatic heterocycles. The van der Waals surface area contributed by atoms with Gasteiger partial charge in [0.1, 0.15) is 5.82 Å². The number of H-pyrrole nitrogens is 1. The van der Waals surface area contributed by atoms with Gasteiger partial charge in [-0.2, -0.15) is 9.40 Å². The Labute approximate surface area is 130 Å². The van der Waals surface area contributed by atoms with Gasteiger partial charge in [0.25, 0.3) is 0 Å². The van der Waals surface area contributed by atoms with Crippen LogP contribution in [0.15, 0.2) is 30.3 Å². The third-order valence-corrected chi connectivity index (χ3v) is 5.78. The van der Waals surface area contributed by atoms with Gasteiger partial charge in [0.05, 0.1) is 11.8 Å². The molecule has 2 heterocycles. The highest BCUT2D eigenvalue weighted by Crippen LogP contribution is 2.33. The molecule has 6 nitrogen and oxygen atoms in total. The van der Waals surface area contributed by atoms with Crippen molar-refractivity contribution in [3.05, 3.63) is 47.5 Å². The van der Waals surface area contributed by atoms with Gasteiger partial charge in [-0.25, -0.2) is 13.4 Å². The van der Waals surface area contributed by atoms with Gasteiger partial charge in [-0.1, -0.05) is 37.3 Å². The fraction of sp³-hybridized carbons (Fsp3) is 0.467. The lowest BCUT2D eigenvalue weighted by molar-refractivity contribution is 0.383. The Balaban J connectivity index is 1.82. The molecule has 0 saturated carbocycles. The first-order valence-corrected chi connectivity index (χ1v) is 9.15. The second-order valence-corrected chi connectivity index (χ2v) is 7.43. The van der Waals surface area contributed by atoms with Gasteiger partial charge >= 0.3 is 0 Å². The summed E-state index contributed by atoms with van der Waals surface area (Å²) >= 11 is 0. The number of nitrogens with zero attached hydrogens (tertiary/aromatic N) is 3. The minimum atomic E-state index is -3.37. The molecule has 22 heavy (non-hydrogen) atoms. The summed E-state index contributed by atoms with van der Waals surface area (Å²) in [6, 6.07) is 9.03. The third kappa shape index (κ3) is 3.05. The van der Waals surface area contributed by atoms with E-state index >= 15 is 0 Å². The summed E-state index contributed by atoms with van der Waals surface area (Å²) in [6.07, 6.45) is 2.38. The van der Waals surface area contributed by atoms with Crippen molar-refractivity contribution in [2.45, 2.75) is 38.0 Å². The lowest BCUT2D eigenvalue weighted by atomic mass is 10.2. The van der Waals surface area contributed by atoms with E-state index in [4.69, 9.17) is 0 Å². The Kier molecular flexibility index (Phi) is 4.26. The summed E-state index contributed by atoms with van der Waals surface area (Å²) in [5.74, 6) is 1.41. The zero-order valence-corrected chi connectivity index (χ0v) is 13.4. The van der Waals surface area contributed by atoms with E-state index in [1.807, 2.05) is 37.3 Å². The van der Waals surface area contributed by atoms with E-state index in [1.165, 1.54) is 0 Å². The van der Waals surface area contributed by atoms with E-state index in [9.17, 15) is 8.42 Å². The summed E-state index contributed by atoms with van der Waals surface area (Å²) in [7, 11) is -3.37. The highest BCUT2D eigenvalue weighted by atomic mass is 32.2. The molecule has 3 rings (SSSR count). The largest absolute Gasteiger partial charge is 0.263 e. The number of hydrogen-bond acceptors (Lipinski definition) is 4. The zero-order valence-electron chi connectivity index (χ0n) is 12.6. The Morgan fingerprint density at radius 3 is 2.77 bits per heavy atom. The van der Waals surface area contributed by atoms with Gasteiger partial charge < -0.3 is 0 Å². The fourth-order valence-electron chi connectivity index (χ4n) is 2.82. The second kappa shape index (κ2) is 6.18. The van der Waals surface area contributed by atoms with Crippen molar-refractivity contribution in [2.75, 3.05) is 6.54 Å². The number of aromatic nitrogens is 3. The number of hydrogen-bond donors (Lipinski definition) is 1. The van der Waals surface area contributed by atoms with E-state index < -0.39 is 10.0 Å². The van der Waals surface area contributed by atoms with Crippen LogP contribution in [-0.2, 0) is 22.2 Å². The van der Waals surface area contributed by atoms with Crippen molar-refractivity contribution in [1.82, 2.24) is 19.5 Å². The first kappa shape index (κ1) is 15.2. The van der Waals surface area contributed by atoms with Crippen LogP contribution in [0, 0.1) is 0 Å². The van der Waals surface area contributed by atoms with Crippen LogP contribution >= 0.6 is 0 Å². The summed E-state index contributed by atoms with van der Waals surface area (Å²) in [6.45, 7) is 2.53. The lowest BCUT2D eigenvalue weighted by Crippen LogP contribution is -2.32. The maximum absolute atomic E-state index is 12.7. The molecule has 1 N–H and O–H groups in total. The van der Waals surface area contributed by atoms with Crippen molar-refractivity contribution >= 4 is 10.0 Å². The van der Waals surface area contributed by atoms with E-state index in [-0.39, 0.29) is 11.8 Å². The Hall–Kier alpha value is -1.73. The molecule has 1 unspecified atom stereocenters. The predicted octanol–water partition coefficient (Wildman–Crippen LogP) is 2.03. The number of nitrogens with one attached hydrogen (secondary N) is 1. The summed E-state index contributed by atoms with van der Waals surface area (Å²) < 4.78 is 27.0. The minimum Gasteiger partial charge on any atom is -0.263 e. The van der Waals surface area contributed by atoms with Crippen LogP contribution in [0.2, 0.25) is 0 Å². The average Bonchev–Trinajstić information content (AvgIpc) is 3.16. The molecule has 7 heteroatoms. The lowest BCUT2D eigenvalue weighted by Gasteiger charge is -2.22. The second-order valence-electron chi connectivity index (χ2n) is 5.50. The van der Waals surface area contributed by atoms with Gasteiger partial charge in [0.2, 0.25) is 10.0 Å². The SMILES string of the molecule is CCc1nc(C2CCCN2S(=O)(=O)Cc2ccccc2)n[nH]1. The molecule has 2 aromatic rings. The standard InChI is InChI=1S/C15H20N4O2S/c1-2-14-16-15(18-17-14)13-9-6-10-19(13)22(20,21)11-12-7-4-3-5-8-12/h3-5,7-8,13H,2,6,9-11H2,1H3,(H,16,17,18). The van der Waals surface area contributed by atoms with Crippen molar-refractivity contribution in [1.29, 1.82) is 0 Å². The molecule has 0 spiro atoms. The molecule has 0 radical (unpaired) electrons. The van der Waals surface area contributed by atoms with Crippen LogP contribution in [0.4, 0.5) is 0 Å². The van der Waals surface area contributed by atoms with Crippen LogP contribution in [0.3, 0.4) is 0 Å². The predicted molar refractivity (Wildman–Crippen MR) is 83.5 cm³/mol. The Bertz CT molecular complexity index is 727. The average molecular weight is 320 g/mol. The number of aromatic amines is 1. The number of sulfonamides is 1. The summed E-state index contributed by atoms with van der Waals surface area (Å²) in [5.41, 5.74) is 0.803. The van der Waals surface area contributed by atoms with Crippen LogP contribution in [0.1, 0.15) is 43.0 Å². The Morgan fingerprint density at radius 2 is 2.09 bits per heavy atom. The molecular weight excluding hydrogens is 300 g/mol. The van der Waals surface area contributed by atoms with E-state index in [0.717, 1.165) is 30.7 Å². The highest BCUT2D eigenvalue weighted by molar-refractivity contribution is 7.88. The summed E-state index contributed by atoms with van der Waals surface area (Å²) in [4.78, 5) is 4.41. The molecule has 1 aliphatic rings. The maximum atomic E-state index is 12.7. The van der Waals surface area contributed by atoms with E-state index in [2.05, 4.69) is 15.2 Å². The maximum Gasteiger partial charge on any atom is 0.218 e. The van der Waals surface area contributed by atoms with Crippen LogP contribution in [0.5, 0.6) is 0 Å². The minimum absolute atomic E-state index is 0.0232. The van der Waals surface area contributed by atoms with Crippen molar-refractivity contribution in [3.63, 3.8) is 0 Å². The van der Waals surface area contributed by atoms with Gasteiger partial charge in [-0.15, -0.1) is 0 Å². The molecule has 1 fully saturated rings. The number of rotatable bonds is 5. The van der Waals surface area contributed by atoms with E-state index in [1.54, 1.807) is 4.31 Å². The number of aryl methyl sites for hydroxylation is 1. The van der Waals surface area contributed by atoms with Crippen LogP contribution < -0.4 is 0 Å². The molecule has 1 aromatic heterocycles. The molecule has 0 aliphatic carbocycles. The molecule has 1 saturated heterocycles. The quantitative estimate of drug-likeness (QED) is 0.914. The van der Waals surface area contributed by atoms with Crippen molar-refractivity contribution < 1.29 is 8.42 Å². The molecular formula is C15H20N4O2S. The first-order chi connectivity index (χ1) is 10.6. The topological polar surface area (TPSA) is 79.0 Å². The van der Waals surface area contributed by atoms with Gasteiger partial charge in [0.15, 0.2) is 5.82 Å². The van der Waals surface area contributed by atoms with Crippen LogP contribution in [-0.4, -0.2) is 34.4 Å². The summed E-state index contributed by atoms with van der Waals surface area (Å²) in [5, 5.41) is 7.07. The Morgan fingerprint density at radius 1 is 1.32 bits per heavy atom. The molecule has 1 aromatic carbocycles. The molecule has 0 amide bonds. The van der Waals surface area contributed by atoms with E-state index in [0.29, 0.717) is 12.4 Å². The molecule has 118 valence electrons. The normalized spacial score (nSPS) is 19.6. The zero-order chi connectivity index (χ0) is 15.6. The monoisotopic (exact) mass is 320 g/mol. The smallest absolute Gasteiger partial charge is 0.218 e. The van der Waals surface area contributed by atoms with Crippen molar-refractivity contribution in [3.8, 4) is 0 Å². The third-order valence-electron chi connectivity index (χ3n) is 3.93. The number of benzene rings is 1. The molecule has 1 atom stereocenters. The van der Waals surface area contributed by atoms with Crippen LogP contribution in [0.25, 0.3) is 0 Å².